The smallest absolute Gasteiger partial charge is 0.147 e. The Morgan fingerprint density at radius 1 is 0.464 bits per heavy atom. The molecule has 0 aliphatic heterocycles. The van der Waals surface area contributed by atoms with Crippen LogP contribution in [-0.2, 0) is 30.2 Å². The SMILES string of the molecule is CCc1cc(C2=Cc3ccccc3[CH]2[Zr]([CH3])([CH3])(=[SiH2])[CH]2C(c3cc(CC)cc4ccc5ccccc5c34)=Cc3ccccc32)c2c(ccc3ccccc32)c1.Cl.Cl. The largest absolute Gasteiger partial charge is 0.147 e. The van der Waals surface area contributed by atoms with Gasteiger partial charge in [0, 0.05) is 0 Å². The second-order valence-electron chi connectivity index (χ2n) is 17.0. The normalized spacial score (nSPS) is 16.3. The molecule has 2 atom stereocenters. The third-order valence-corrected chi connectivity index (χ3v) is 30.2. The van der Waals surface area contributed by atoms with Crippen molar-refractivity contribution in [3.63, 3.8) is 0 Å². The van der Waals surface area contributed by atoms with E-state index in [4.69, 9.17) is 0 Å². The van der Waals surface area contributed by atoms with Gasteiger partial charge in [0.1, 0.15) is 0 Å². The Kier molecular flexibility index (Phi) is 9.99. The van der Waals surface area contributed by atoms with Gasteiger partial charge in [0.15, 0.2) is 0 Å². The molecule has 0 N–H and O–H groups in total. The van der Waals surface area contributed by atoms with E-state index in [2.05, 4.69) is 188 Å². The first kappa shape index (κ1) is 38.8. The molecule has 0 radical (unpaired) electrons. The van der Waals surface area contributed by atoms with Crippen LogP contribution >= 0.6 is 24.8 Å². The number of benzene rings is 8. The first-order valence-corrected chi connectivity index (χ1v) is 33.5. The molecule has 8 aromatic rings. The number of hydrogen-bond donors (Lipinski definition) is 0. The molecule has 2 aliphatic carbocycles. The summed E-state index contributed by atoms with van der Waals surface area (Å²) in [7, 11) is 0. The zero-order valence-corrected chi connectivity index (χ0v) is 38.1. The Balaban J connectivity index is 0.00000220. The molecular weight excluding hydrogens is 815 g/mol. The predicted molar refractivity (Wildman–Crippen MR) is 251 cm³/mol. The van der Waals surface area contributed by atoms with Crippen LogP contribution in [0.3, 0.4) is 0 Å². The first-order chi connectivity index (χ1) is 26.2. The number of hydrogen-bond acceptors (Lipinski definition) is 0. The van der Waals surface area contributed by atoms with Crippen LogP contribution in [0.4, 0.5) is 0 Å². The van der Waals surface area contributed by atoms with Crippen LogP contribution < -0.4 is 0 Å². The first-order valence-electron chi connectivity index (χ1n) is 19.8. The van der Waals surface area contributed by atoms with Gasteiger partial charge < -0.3 is 0 Å². The Morgan fingerprint density at radius 3 is 1.27 bits per heavy atom. The third-order valence-electron chi connectivity index (χ3n) is 13.0. The molecule has 0 bridgehead atoms. The quantitative estimate of drug-likeness (QED) is 0.115. The molecule has 0 fully saturated rings. The van der Waals surface area contributed by atoms with Crippen LogP contribution in [0.5, 0.6) is 0 Å². The number of allylic oxidation sites excluding steroid dienone is 2. The van der Waals surface area contributed by atoms with Gasteiger partial charge in [-0.2, -0.15) is 0 Å². The summed E-state index contributed by atoms with van der Waals surface area (Å²) >= 11 is -4.13. The van der Waals surface area contributed by atoms with Crippen molar-refractivity contribution < 1.29 is 17.4 Å². The van der Waals surface area contributed by atoms with E-state index >= 15 is 0 Å². The summed E-state index contributed by atoms with van der Waals surface area (Å²) in [5.41, 5.74) is 14.6. The van der Waals surface area contributed by atoms with Crippen molar-refractivity contribution in [2.45, 2.75) is 43.2 Å². The number of rotatable bonds is 6. The maximum atomic E-state index is 2.80. The van der Waals surface area contributed by atoms with E-state index in [-0.39, 0.29) is 24.8 Å². The maximum absolute atomic E-state index is 4.13. The van der Waals surface area contributed by atoms with E-state index in [1.54, 1.807) is 0 Å². The van der Waals surface area contributed by atoms with Gasteiger partial charge in [0.2, 0.25) is 0 Å². The van der Waals surface area contributed by atoms with Crippen molar-refractivity contribution in [3.05, 3.63) is 190 Å². The molecule has 0 spiro atoms. The number of aryl methyl sites for hydroxylation is 2. The van der Waals surface area contributed by atoms with Crippen LogP contribution in [0, 0.1) is 0 Å². The molecule has 0 nitrogen and oxygen atoms in total. The monoisotopic (exact) mass is 860 g/mol. The minimum Gasteiger partial charge on any atom is -0.147 e. The van der Waals surface area contributed by atoms with Gasteiger partial charge in [0.25, 0.3) is 0 Å². The summed E-state index contributed by atoms with van der Waals surface area (Å²) < 4.78 is 6.28. The van der Waals surface area contributed by atoms with Crippen molar-refractivity contribution in [1.29, 1.82) is 0 Å². The molecular formula is C52H48Cl2SiZr. The molecule has 2 aliphatic rings. The summed E-state index contributed by atoms with van der Waals surface area (Å²) in [6.07, 6.45) is 7.21. The molecule has 8 aromatic carbocycles. The van der Waals surface area contributed by atoms with Gasteiger partial charge in [-0.25, -0.2) is 0 Å². The Hall–Kier alpha value is -4.04. The Labute approximate surface area is 346 Å². The van der Waals surface area contributed by atoms with Crippen molar-refractivity contribution in [2.24, 2.45) is 0 Å². The maximum Gasteiger partial charge on any atom is -0.147 e. The molecule has 56 heavy (non-hydrogen) atoms. The summed E-state index contributed by atoms with van der Waals surface area (Å²) in [5.74, 6) is 0. The van der Waals surface area contributed by atoms with Crippen LogP contribution in [0.1, 0.15) is 65.6 Å². The molecule has 0 aromatic heterocycles. The summed E-state index contributed by atoms with van der Waals surface area (Å²) in [6, 6.07) is 56.1. The average molecular weight is 863 g/mol. The predicted octanol–water partition coefficient (Wildman–Crippen LogP) is 14.5. The van der Waals surface area contributed by atoms with E-state index in [0.29, 0.717) is 7.25 Å². The second kappa shape index (κ2) is 14.4. The molecule has 2 unspecified atom stereocenters. The summed E-state index contributed by atoms with van der Waals surface area (Å²) in [4.78, 5) is 0. The number of halogens is 2. The van der Waals surface area contributed by atoms with Gasteiger partial charge in [-0.15, -0.1) is 24.8 Å². The molecule has 4 heteroatoms. The molecule has 278 valence electrons. The average Bonchev–Trinajstić information content (AvgIpc) is 3.81. The van der Waals surface area contributed by atoms with Crippen LogP contribution in [-0.4, -0.2) is 6.88 Å². The minimum absolute atomic E-state index is 0. The van der Waals surface area contributed by atoms with E-state index in [1.165, 1.54) is 98.7 Å². The fourth-order valence-electron chi connectivity index (χ4n) is 10.6. The standard InChI is InChI=1S/2C25H19.2CH3.2ClH.H2Si.Zr/c2*1-2-17-13-21-12-11-18-7-5-6-10-23(18)25(21)24(14-17)22-15-19-8-3-4-9-20(19)16-22;;;;;;/h2*3-16H,2H2,1H3;2*1H3;2*1H;1H2;. The fourth-order valence-corrected chi connectivity index (χ4v) is 29.1. The Bertz CT molecular complexity index is 2820. The van der Waals surface area contributed by atoms with Crippen molar-refractivity contribution in [2.75, 3.05) is 0 Å². The summed E-state index contributed by atoms with van der Waals surface area (Å²) in [6.45, 7) is 7.07. The molecule has 0 heterocycles. The van der Waals surface area contributed by atoms with Crippen molar-refractivity contribution in [3.8, 4) is 0 Å². The summed E-state index contributed by atoms with van der Waals surface area (Å²) in [5, 5.41) is 10.8. The van der Waals surface area contributed by atoms with Crippen LogP contribution in [0.25, 0.3) is 66.4 Å². The number of fused-ring (bicyclic) bond motifs is 8. The van der Waals surface area contributed by atoms with Gasteiger partial charge in [0.05, 0.1) is 0 Å². The molecule has 10 rings (SSSR count). The van der Waals surface area contributed by atoms with Crippen molar-refractivity contribution >= 4 is 98.1 Å². The third kappa shape index (κ3) is 5.94. The van der Waals surface area contributed by atoms with Gasteiger partial charge in [-0.05, 0) is 0 Å². The van der Waals surface area contributed by atoms with E-state index in [1.807, 2.05) is 0 Å². The second-order valence-corrected chi connectivity index (χ2v) is 47.5. The molecule has 0 amide bonds. The van der Waals surface area contributed by atoms with Crippen LogP contribution in [0.15, 0.2) is 146 Å². The van der Waals surface area contributed by atoms with Crippen LogP contribution in [0.2, 0.25) is 9.26 Å². The van der Waals surface area contributed by atoms with Gasteiger partial charge in [-0.1, -0.05) is 0 Å². The fraction of sp³-hybridized carbons (Fsp3) is 0.154. The van der Waals surface area contributed by atoms with Gasteiger partial charge in [-0.3, -0.25) is 0 Å². The zero-order chi connectivity index (χ0) is 36.8. The Morgan fingerprint density at radius 2 is 0.839 bits per heavy atom. The van der Waals surface area contributed by atoms with Crippen molar-refractivity contribution in [1.82, 2.24) is 0 Å². The zero-order valence-electron chi connectivity index (χ0n) is 32.6. The topological polar surface area (TPSA) is 0 Å². The van der Waals surface area contributed by atoms with E-state index in [9.17, 15) is 0 Å². The van der Waals surface area contributed by atoms with E-state index in [0.717, 1.165) is 12.8 Å². The minimum atomic E-state index is -4.13. The molecule has 0 saturated carbocycles. The molecule has 0 saturated heterocycles. The van der Waals surface area contributed by atoms with E-state index < -0.39 is 17.4 Å². The van der Waals surface area contributed by atoms with Gasteiger partial charge >= 0.3 is 324 Å².